The molecule has 1 aliphatic rings. The highest BCUT2D eigenvalue weighted by molar-refractivity contribution is 5.30. The third-order valence-corrected chi connectivity index (χ3v) is 3.84. The zero-order valence-corrected chi connectivity index (χ0v) is 12.3. The van der Waals surface area contributed by atoms with Crippen molar-refractivity contribution in [2.24, 2.45) is 0 Å². The van der Waals surface area contributed by atoms with Gasteiger partial charge in [-0.25, -0.2) is 0 Å². The van der Waals surface area contributed by atoms with E-state index in [1.54, 1.807) is 7.11 Å². The molecule has 1 aromatic heterocycles. The molecule has 3 rings (SSSR count). The lowest BCUT2D eigenvalue weighted by Crippen LogP contribution is -2.20. The van der Waals surface area contributed by atoms with E-state index in [0.29, 0.717) is 6.42 Å². The molecule has 0 spiro atoms. The molecule has 1 unspecified atom stereocenters. The van der Waals surface area contributed by atoms with Gasteiger partial charge in [-0.1, -0.05) is 30.1 Å². The molecule has 1 fully saturated rings. The summed E-state index contributed by atoms with van der Waals surface area (Å²) in [5.74, 6) is 2.29. The van der Waals surface area contributed by atoms with E-state index in [1.807, 2.05) is 24.3 Å². The average molecular weight is 287 g/mol. The van der Waals surface area contributed by atoms with Gasteiger partial charge in [0.2, 0.25) is 5.89 Å². The predicted molar refractivity (Wildman–Crippen MR) is 79.3 cm³/mol. The van der Waals surface area contributed by atoms with Crippen molar-refractivity contribution in [3.63, 3.8) is 0 Å². The van der Waals surface area contributed by atoms with Gasteiger partial charge in [-0.15, -0.1) is 0 Å². The van der Waals surface area contributed by atoms with Gasteiger partial charge in [0.1, 0.15) is 5.75 Å². The zero-order valence-electron chi connectivity index (χ0n) is 12.3. The Kier molecular flexibility index (Phi) is 4.50. The number of ether oxygens (including phenoxy) is 1. The molecular weight excluding hydrogens is 266 g/mol. The molecule has 1 aliphatic heterocycles. The number of nitrogens with one attached hydrogen (secondary N) is 1. The standard InChI is InChI=1S/C16H21N3O2/c1-20-13-7-5-6-12(10-13)11-15-18-16(21-19-15)14-8-3-2-4-9-17-14/h5-7,10,14,17H,2-4,8-9,11H2,1H3. The first-order chi connectivity index (χ1) is 10.3. The normalized spacial score (nSPS) is 19.2. The molecule has 0 radical (unpaired) electrons. The maximum Gasteiger partial charge on any atom is 0.243 e. The smallest absolute Gasteiger partial charge is 0.243 e. The second kappa shape index (κ2) is 6.72. The van der Waals surface area contributed by atoms with Gasteiger partial charge in [0.25, 0.3) is 0 Å². The summed E-state index contributed by atoms with van der Waals surface area (Å²) in [6, 6.07) is 8.16. The molecule has 0 amide bonds. The van der Waals surface area contributed by atoms with E-state index in [-0.39, 0.29) is 6.04 Å². The van der Waals surface area contributed by atoms with Crippen LogP contribution in [0, 0.1) is 0 Å². The molecule has 21 heavy (non-hydrogen) atoms. The molecule has 0 aliphatic carbocycles. The third-order valence-electron chi connectivity index (χ3n) is 3.84. The van der Waals surface area contributed by atoms with E-state index in [1.165, 1.54) is 19.3 Å². The van der Waals surface area contributed by atoms with Crippen molar-refractivity contribution in [1.82, 2.24) is 15.5 Å². The van der Waals surface area contributed by atoms with Gasteiger partial charge in [0.15, 0.2) is 5.82 Å². The van der Waals surface area contributed by atoms with Crippen LogP contribution in [0.2, 0.25) is 0 Å². The summed E-state index contributed by atoms with van der Waals surface area (Å²) in [5, 5.41) is 7.58. The second-order valence-electron chi connectivity index (χ2n) is 5.43. The second-order valence-corrected chi connectivity index (χ2v) is 5.43. The van der Waals surface area contributed by atoms with E-state index in [9.17, 15) is 0 Å². The molecule has 5 nitrogen and oxygen atoms in total. The lowest BCUT2D eigenvalue weighted by molar-refractivity contribution is 0.325. The Morgan fingerprint density at radius 2 is 2.29 bits per heavy atom. The van der Waals surface area contributed by atoms with Crippen LogP contribution in [-0.2, 0) is 6.42 Å². The van der Waals surface area contributed by atoms with Crippen molar-refractivity contribution in [3.8, 4) is 5.75 Å². The van der Waals surface area contributed by atoms with Crippen LogP contribution >= 0.6 is 0 Å². The number of benzene rings is 1. The lowest BCUT2D eigenvalue weighted by atomic mass is 10.1. The largest absolute Gasteiger partial charge is 0.497 e. The highest BCUT2D eigenvalue weighted by Crippen LogP contribution is 2.22. The molecule has 0 bridgehead atoms. The van der Waals surface area contributed by atoms with Crippen molar-refractivity contribution >= 4 is 0 Å². The Hall–Kier alpha value is -1.88. The first-order valence-electron chi connectivity index (χ1n) is 7.54. The van der Waals surface area contributed by atoms with Gasteiger partial charge in [0.05, 0.1) is 13.2 Å². The molecular formula is C16H21N3O2. The van der Waals surface area contributed by atoms with E-state index in [0.717, 1.165) is 36.0 Å². The Bertz CT molecular complexity index is 574. The third kappa shape index (κ3) is 3.61. The molecule has 5 heteroatoms. The number of methoxy groups -OCH3 is 1. The fourth-order valence-corrected chi connectivity index (χ4v) is 2.69. The predicted octanol–water partition coefficient (Wildman–Crippen LogP) is 2.87. The van der Waals surface area contributed by atoms with Crippen LogP contribution in [0.15, 0.2) is 28.8 Å². The minimum Gasteiger partial charge on any atom is -0.497 e. The summed E-state index contributed by atoms with van der Waals surface area (Å²) < 4.78 is 10.7. The van der Waals surface area contributed by atoms with E-state index < -0.39 is 0 Å². The molecule has 1 N–H and O–H groups in total. The Morgan fingerprint density at radius 3 is 3.19 bits per heavy atom. The fraction of sp³-hybridized carbons (Fsp3) is 0.500. The van der Waals surface area contributed by atoms with Gasteiger partial charge >= 0.3 is 0 Å². The van der Waals surface area contributed by atoms with Crippen LogP contribution < -0.4 is 10.1 Å². The lowest BCUT2D eigenvalue weighted by Gasteiger charge is -2.09. The average Bonchev–Trinajstić information content (AvgIpc) is 2.81. The van der Waals surface area contributed by atoms with Crippen LogP contribution in [0.25, 0.3) is 0 Å². The Labute approximate surface area is 124 Å². The Morgan fingerprint density at radius 1 is 1.33 bits per heavy atom. The zero-order chi connectivity index (χ0) is 14.5. The summed E-state index contributed by atoms with van der Waals surface area (Å²) in [7, 11) is 1.67. The molecule has 112 valence electrons. The summed E-state index contributed by atoms with van der Waals surface area (Å²) in [6.07, 6.45) is 5.44. The van der Waals surface area contributed by atoms with Crippen LogP contribution in [-0.4, -0.2) is 23.8 Å². The topological polar surface area (TPSA) is 60.2 Å². The van der Waals surface area contributed by atoms with Gasteiger partial charge in [-0.05, 0) is 37.1 Å². The van der Waals surface area contributed by atoms with Crippen molar-refractivity contribution in [2.45, 2.75) is 38.1 Å². The highest BCUT2D eigenvalue weighted by Gasteiger charge is 2.20. The van der Waals surface area contributed by atoms with Crippen molar-refractivity contribution in [3.05, 3.63) is 41.5 Å². The number of hydrogen-bond donors (Lipinski definition) is 1. The number of rotatable bonds is 4. The van der Waals surface area contributed by atoms with Gasteiger partial charge in [-0.3, -0.25) is 0 Å². The number of hydrogen-bond acceptors (Lipinski definition) is 5. The molecule has 1 atom stereocenters. The van der Waals surface area contributed by atoms with Crippen LogP contribution in [0.4, 0.5) is 0 Å². The van der Waals surface area contributed by atoms with Crippen LogP contribution in [0.5, 0.6) is 5.75 Å². The maximum absolute atomic E-state index is 5.43. The Balaban J connectivity index is 1.69. The summed E-state index contributed by atoms with van der Waals surface area (Å²) in [6.45, 7) is 1.03. The van der Waals surface area contributed by atoms with Crippen LogP contribution in [0.3, 0.4) is 0 Å². The summed E-state index contributed by atoms with van der Waals surface area (Å²) >= 11 is 0. The molecule has 2 aromatic rings. The fourth-order valence-electron chi connectivity index (χ4n) is 2.69. The van der Waals surface area contributed by atoms with Crippen LogP contribution in [0.1, 0.15) is 49.0 Å². The minimum atomic E-state index is 0.207. The number of nitrogens with zero attached hydrogens (tertiary/aromatic N) is 2. The van der Waals surface area contributed by atoms with E-state index >= 15 is 0 Å². The van der Waals surface area contributed by atoms with Crippen molar-refractivity contribution in [2.75, 3.05) is 13.7 Å². The summed E-state index contributed by atoms with van der Waals surface area (Å²) in [5.41, 5.74) is 1.12. The quantitative estimate of drug-likeness (QED) is 0.937. The number of aromatic nitrogens is 2. The summed E-state index contributed by atoms with van der Waals surface area (Å²) in [4.78, 5) is 4.55. The first kappa shape index (κ1) is 14.1. The van der Waals surface area contributed by atoms with E-state index in [2.05, 4.69) is 15.5 Å². The minimum absolute atomic E-state index is 0.207. The molecule has 2 heterocycles. The molecule has 1 saturated heterocycles. The van der Waals surface area contributed by atoms with Crippen molar-refractivity contribution in [1.29, 1.82) is 0 Å². The van der Waals surface area contributed by atoms with Crippen molar-refractivity contribution < 1.29 is 9.26 Å². The SMILES string of the molecule is COc1cccc(Cc2noc(C3CCCCCN3)n2)c1. The van der Waals surface area contributed by atoms with Gasteiger partial charge in [0, 0.05) is 6.42 Å². The molecule has 1 aromatic carbocycles. The highest BCUT2D eigenvalue weighted by atomic mass is 16.5. The van der Waals surface area contributed by atoms with E-state index in [4.69, 9.17) is 9.26 Å². The molecule has 0 saturated carbocycles. The van der Waals surface area contributed by atoms with Gasteiger partial charge in [-0.2, -0.15) is 4.98 Å². The van der Waals surface area contributed by atoms with Gasteiger partial charge < -0.3 is 14.6 Å². The maximum atomic E-state index is 5.43. The first-order valence-corrected chi connectivity index (χ1v) is 7.54. The monoisotopic (exact) mass is 287 g/mol.